The Morgan fingerprint density at radius 1 is 1.00 bits per heavy atom. The van der Waals surface area contributed by atoms with Crippen LogP contribution in [0.15, 0.2) is 48.8 Å². The topological polar surface area (TPSA) is 66.0 Å². The summed E-state index contributed by atoms with van der Waals surface area (Å²) in [5.74, 6) is 0.264. The fourth-order valence-electron chi connectivity index (χ4n) is 3.11. The van der Waals surface area contributed by atoms with Crippen LogP contribution >= 0.6 is 24.8 Å². The lowest BCUT2D eigenvalue weighted by Crippen LogP contribution is -2.18. The van der Waals surface area contributed by atoms with Gasteiger partial charge in [-0.15, -0.1) is 43.1 Å². The van der Waals surface area contributed by atoms with Crippen molar-refractivity contribution in [2.75, 3.05) is 0 Å². The number of hydrogen-bond donors (Lipinski definition) is 1. The third kappa shape index (κ3) is 4.76. The summed E-state index contributed by atoms with van der Waals surface area (Å²) in [7, 11) is 0. The molecule has 2 N–H and O–H groups in total. The molecule has 1 heterocycles. The predicted molar refractivity (Wildman–Crippen MR) is 103 cm³/mol. The van der Waals surface area contributed by atoms with Crippen molar-refractivity contribution in [1.82, 2.24) is 14.8 Å². The Morgan fingerprint density at radius 2 is 1.68 bits per heavy atom. The van der Waals surface area contributed by atoms with Gasteiger partial charge in [0, 0.05) is 11.6 Å². The number of halogens is 5. The first-order valence-electron chi connectivity index (χ1n) is 8.03. The lowest BCUT2D eigenvalue weighted by molar-refractivity contribution is -0.274. The van der Waals surface area contributed by atoms with E-state index < -0.39 is 6.36 Å². The molecule has 0 radical (unpaired) electrons. The second kappa shape index (κ2) is 8.38. The van der Waals surface area contributed by atoms with E-state index in [1.807, 2.05) is 18.2 Å². The number of rotatable bonds is 3. The van der Waals surface area contributed by atoms with Crippen LogP contribution in [0, 0.1) is 0 Å². The Labute approximate surface area is 171 Å². The first kappa shape index (κ1) is 22.0. The third-order valence-corrected chi connectivity index (χ3v) is 4.26. The zero-order valence-corrected chi connectivity index (χ0v) is 16.0. The van der Waals surface area contributed by atoms with Crippen molar-refractivity contribution in [2.24, 2.45) is 5.73 Å². The molecule has 1 atom stereocenters. The van der Waals surface area contributed by atoms with Gasteiger partial charge < -0.3 is 10.5 Å². The average Bonchev–Trinajstić information content (AvgIpc) is 3.19. The average molecular weight is 433 g/mol. The molecule has 0 amide bonds. The van der Waals surface area contributed by atoms with Crippen LogP contribution in [0.25, 0.3) is 17.1 Å². The summed E-state index contributed by atoms with van der Waals surface area (Å²) in [6.45, 7) is 0. The number of nitrogens with two attached hydrogens (primary N) is 1. The van der Waals surface area contributed by atoms with Crippen LogP contribution in [0.3, 0.4) is 0 Å². The predicted octanol–water partition coefficient (Wildman–Crippen LogP) is 4.10. The minimum atomic E-state index is -4.71. The summed E-state index contributed by atoms with van der Waals surface area (Å²) in [6, 6.07) is 11.6. The molecule has 3 aromatic rings. The van der Waals surface area contributed by atoms with E-state index >= 15 is 0 Å². The third-order valence-electron chi connectivity index (χ3n) is 4.26. The highest BCUT2D eigenvalue weighted by atomic mass is 35.5. The van der Waals surface area contributed by atoms with Crippen LogP contribution in [0.5, 0.6) is 5.75 Å². The fraction of sp³-hybridized carbons (Fsp3) is 0.222. The van der Waals surface area contributed by atoms with E-state index in [9.17, 15) is 13.2 Å². The number of fused-ring (bicyclic) bond motifs is 1. The van der Waals surface area contributed by atoms with Crippen molar-refractivity contribution in [1.29, 1.82) is 0 Å². The quantitative estimate of drug-likeness (QED) is 0.676. The molecule has 150 valence electrons. The lowest BCUT2D eigenvalue weighted by Gasteiger charge is -2.09. The zero-order valence-electron chi connectivity index (χ0n) is 14.4. The molecule has 1 aromatic heterocycles. The number of alkyl halides is 3. The van der Waals surface area contributed by atoms with Gasteiger partial charge in [0.25, 0.3) is 0 Å². The lowest BCUT2D eigenvalue weighted by atomic mass is 10.1. The van der Waals surface area contributed by atoms with Crippen molar-refractivity contribution in [3.63, 3.8) is 0 Å². The van der Waals surface area contributed by atoms with E-state index in [1.165, 1.54) is 46.4 Å². The van der Waals surface area contributed by atoms with E-state index in [2.05, 4.69) is 14.8 Å². The van der Waals surface area contributed by atoms with Crippen LogP contribution in [0.4, 0.5) is 13.2 Å². The van der Waals surface area contributed by atoms with Gasteiger partial charge >= 0.3 is 6.36 Å². The minimum absolute atomic E-state index is 0. The molecule has 1 aliphatic rings. The highest BCUT2D eigenvalue weighted by Gasteiger charge is 2.31. The number of benzene rings is 2. The maximum Gasteiger partial charge on any atom is 0.573 e. The highest BCUT2D eigenvalue weighted by Crippen LogP contribution is 2.27. The van der Waals surface area contributed by atoms with Gasteiger partial charge in [0.15, 0.2) is 5.82 Å². The Bertz CT molecular complexity index is 945. The molecule has 0 fully saturated rings. The molecule has 0 spiro atoms. The van der Waals surface area contributed by atoms with Gasteiger partial charge in [0.05, 0.1) is 5.69 Å². The molecular weight excluding hydrogens is 416 g/mol. The van der Waals surface area contributed by atoms with Crippen LogP contribution in [0.2, 0.25) is 0 Å². The SMILES string of the molecule is Cl.Cl.NC1Cc2ccc(-c3ncn(-c4ccc(OC(F)(F)F)cc4)n3)cc2C1. The maximum atomic E-state index is 12.2. The minimum Gasteiger partial charge on any atom is -0.406 e. The summed E-state index contributed by atoms with van der Waals surface area (Å²) in [6.07, 6.45) is -1.47. The number of ether oxygens (including phenoxy) is 1. The molecule has 1 aliphatic carbocycles. The van der Waals surface area contributed by atoms with Crippen molar-refractivity contribution < 1.29 is 17.9 Å². The van der Waals surface area contributed by atoms with Gasteiger partial charge in [-0.3, -0.25) is 0 Å². The van der Waals surface area contributed by atoms with E-state index in [1.54, 1.807) is 0 Å². The Balaban J connectivity index is 0.00000140. The molecule has 0 bridgehead atoms. The van der Waals surface area contributed by atoms with Gasteiger partial charge in [0.1, 0.15) is 12.1 Å². The first-order chi connectivity index (χ1) is 12.4. The van der Waals surface area contributed by atoms with Crippen LogP contribution in [0.1, 0.15) is 11.1 Å². The summed E-state index contributed by atoms with van der Waals surface area (Å²) in [5, 5.41) is 4.41. The van der Waals surface area contributed by atoms with Crippen molar-refractivity contribution >= 4 is 24.8 Å². The molecule has 0 saturated heterocycles. The first-order valence-corrected chi connectivity index (χ1v) is 8.03. The van der Waals surface area contributed by atoms with Crippen LogP contribution < -0.4 is 10.5 Å². The number of hydrogen-bond acceptors (Lipinski definition) is 4. The smallest absolute Gasteiger partial charge is 0.406 e. The normalized spacial score (nSPS) is 15.4. The molecule has 10 heteroatoms. The van der Waals surface area contributed by atoms with E-state index in [-0.39, 0.29) is 36.6 Å². The van der Waals surface area contributed by atoms with E-state index in [4.69, 9.17) is 5.73 Å². The van der Waals surface area contributed by atoms with Gasteiger partial charge in [-0.05, 0) is 54.3 Å². The summed E-state index contributed by atoms with van der Waals surface area (Å²) < 4.78 is 42.0. The van der Waals surface area contributed by atoms with Crippen molar-refractivity contribution in [3.8, 4) is 22.8 Å². The monoisotopic (exact) mass is 432 g/mol. The van der Waals surface area contributed by atoms with Crippen LogP contribution in [-0.4, -0.2) is 27.2 Å². The standard InChI is InChI=1S/C18H15F3N4O.2ClH/c19-18(20,21)26-16-5-3-15(4-6-16)25-10-23-17(24-25)12-2-1-11-8-14(22)9-13(11)7-12;;/h1-7,10,14H,8-9,22H2;2*1H. The second-order valence-corrected chi connectivity index (χ2v) is 6.21. The number of nitrogens with zero attached hydrogens (tertiary/aromatic N) is 3. The van der Waals surface area contributed by atoms with Crippen LogP contribution in [-0.2, 0) is 12.8 Å². The molecule has 0 aliphatic heterocycles. The zero-order chi connectivity index (χ0) is 18.3. The molecule has 0 saturated carbocycles. The maximum absolute atomic E-state index is 12.2. The summed E-state index contributed by atoms with van der Waals surface area (Å²) >= 11 is 0. The Morgan fingerprint density at radius 3 is 2.36 bits per heavy atom. The molecular formula is C18H17Cl2F3N4O. The fourth-order valence-corrected chi connectivity index (χ4v) is 3.11. The van der Waals surface area contributed by atoms with Gasteiger partial charge in [-0.2, -0.15) is 0 Å². The van der Waals surface area contributed by atoms with Gasteiger partial charge in [-0.1, -0.05) is 12.1 Å². The van der Waals surface area contributed by atoms with Gasteiger partial charge in [-0.25, -0.2) is 9.67 Å². The number of aromatic nitrogens is 3. The van der Waals surface area contributed by atoms with Gasteiger partial charge in [0.2, 0.25) is 0 Å². The molecule has 4 rings (SSSR count). The summed E-state index contributed by atoms with van der Waals surface area (Å²) in [4.78, 5) is 4.30. The van der Waals surface area contributed by atoms with E-state index in [0.29, 0.717) is 11.5 Å². The Kier molecular flexibility index (Phi) is 6.59. The van der Waals surface area contributed by atoms with Crippen molar-refractivity contribution in [3.05, 3.63) is 59.9 Å². The molecule has 2 aromatic carbocycles. The molecule has 5 nitrogen and oxygen atoms in total. The second-order valence-electron chi connectivity index (χ2n) is 6.21. The molecule has 1 unspecified atom stereocenters. The molecule has 28 heavy (non-hydrogen) atoms. The van der Waals surface area contributed by atoms with E-state index in [0.717, 1.165) is 18.4 Å². The Hall–Kier alpha value is -2.29. The van der Waals surface area contributed by atoms with Crippen molar-refractivity contribution in [2.45, 2.75) is 25.2 Å². The largest absolute Gasteiger partial charge is 0.573 e. The highest BCUT2D eigenvalue weighted by molar-refractivity contribution is 5.85. The summed E-state index contributed by atoms with van der Waals surface area (Å²) in [5.41, 5.74) is 9.92.